The van der Waals surface area contributed by atoms with Gasteiger partial charge in [0.15, 0.2) is 0 Å². The summed E-state index contributed by atoms with van der Waals surface area (Å²) >= 11 is 0. The Kier molecular flexibility index (Phi) is 8.92. The third-order valence-electron chi connectivity index (χ3n) is 5.49. The van der Waals surface area contributed by atoms with E-state index >= 15 is 0 Å². The minimum Gasteiger partial charge on any atom is -0.350 e. The maximum absolute atomic E-state index is 12.7. The van der Waals surface area contributed by atoms with Crippen LogP contribution in [-0.2, 0) is 10.0 Å². The molecule has 0 aliphatic carbocycles. The van der Waals surface area contributed by atoms with Crippen molar-refractivity contribution in [3.63, 3.8) is 0 Å². The lowest BCUT2D eigenvalue weighted by molar-refractivity contribution is 0.0912. The maximum Gasteiger partial charge on any atom is 0.251 e. The van der Waals surface area contributed by atoms with Crippen LogP contribution in [0.1, 0.15) is 63.2 Å². The van der Waals surface area contributed by atoms with Crippen LogP contribution in [0.3, 0.4) is 0 Å². The molecule has 1 aromatic rings. The summed E-state index contributed by atoms with van der Waals surface area (Å²) in [5.41, 5.74) is 0.393. The Bertz CT molecular complexity index is 732. The Morgan fingerprint density at radius 1 is 1.21 bits per heavy atom. The van der Waals surface area contributed by atoms with Crippen molar-refractivity contribution in [1.29, 1.82) is 0 Å². The number of unbranched alkanes of at least 4 members (excludes halogenated alkanes) is 1. The van der Waals surface area contributed by atoms with Crippen molar-refractivity contribution < 1.29 is 13.2 Å². The maximum atomic E-state index is 12.7. The van der Waals surface area contributed by atoms with Crippen LogP contribution >= 0.6 is 0 Å². The van der Waals surface area contributed by atoms with Gasteiger partial charge in [-0.2, -0.15) is 4.31 Å². The number of carbonyl (C=O) groups is 1. The lowest BCUT2D eigenvalue weighted by atomic mass is 10.0. The van der Waals surface area contributed by atoms with Crippen LogP contribution in [0.5, 0.6) is 0 Å². The molecule has 1 fully saturated rings. The van der Waals surface area contributed by atoms with Crippen LogP contribution < -0.4 is 5.32 Å². The number of carbonyl (C=O) groups excluding carboxylic acids is 1. The SMILES string of the molecule is CCCCN1CCCCC1CNC(=O)c1cccc(S(=O)(=O)N(CC)CC)c1. The molecule has 1 N–H and O–H groups in total. The fourth-order valence-electron chi connectivity index (χ4n) is 3.77. The number of likely N-dealkylation sites (tertiary alicyclic amines) is 1. The monoisotopic (exact) mass is 409 g/mol. The third-order valence-corrected chi connectivity index (χ3v) is 7.53. The van der Waals surface area contributed by atoms with Crippen molar-refractivity contribution in [3.8, 4) is 0 Å². The number of sulfonamides is 1. The van der Waals surface area contributed by atoms with E-state index in [1.54, 1.807) is 18.2 Å². The molecule has 0 radical (unpaired) electrons. The standard InChI is InChI=1S/C21H35N3O3S/c1-4-7-14-23-15-9-8-12-19(23)17-22-21(25)18-11-10-13-20(16-18)28(26,27)24(5-2)6-3/h10-11,13,16,19H,4-9,12,14-15,17H2,1-3H3,(H,22,25). The summed E-state index contributed by atoms with van der Waals surface area (Å²) in [6.45, 7) is 9.41. The molecular weight excluding hydrogens is 374 g/mol. The number of nitrogens with one attached hydrogen (secondary N) is 1. The molecule has 1 heterocycles. The van der Waals surface area contributed by atoms with E-state index in [9.17, 15) is 13.2 Å². The first-order valence-electron chi connectivity index (χ1n) is 10.6. The first kappa shape index (κ1) is 22.8. The van der Waals surface area contributed by atoms with Gasteiger partial charge in [0.1, 0.15) is 0 Å². The summed E-state index contributed by atoms with van der Waals surface area (Å²) < 4.78 is 26.8. The van der Waals surface area contributed by atoms with Gasteiger partial charge in [-0.25, -0.2) is 8.42 Å². The van der Waals surface area contributed by atoms with Gasteiger partial charge < -0.3 is 5.32 Å². The zero-order valence-electron chi connectivity index (χ0n) is 17.5. The highest BCUT2D eigenvalue weighted by molar-refractivity contribution is 7.89. The first-order valence-corrected chi connectivity index (χ1v) is 12.0. The molecule has 7 heteroatoms. The van der Waals surface area contributed by atoms with Crippen LogP contribution in [0, 0.1) is 0 Å². The van der Waals surface area contributed by atoms with Crippen molar-refractivity contribution in [2.24, 2.45) is 0 Å². The van der Waals surface area contributed by atoms with E-state index < -0.39 is 10.0 Å². The van der Waals surface area contributed by atoms with Crippen LogP contribution in [0.25, 0.3) is 0 Å². The molecule has 0 spiro atoms. The predicted octanol–water partition coefficient (Wildman–Crippen LogP) is 3.10. The lowest BCUT2D eigenvalue weighted by Gasteiger charge is -2.35. The summed E-state index contributed by atoms with van der Waals surface area (Å²) in [7, 11) is -3.57. The molecule has 2 rings (SSSR count). The Labute approximate surface area is 170 Å². The highest BCUT2D eigenvalue weighted by atomic mass is 32.2. The average molecular weight is 410 g/mol. The number of benzene rings is 1. The number of hydrogen-bond donors (Lipinski definition) is 1. The van der Waals surface area contributed by atoms with Crippen LogP contribution in [0.2, 0.25) is 0 Å². The summed E-state index contributed by atoms with van der Waals surface area (Å²) in [5.74, 6) is -0.211. The van der Waals surface area contributed by atoms with Gasteiger partial charge in [-0.3, -0.25) is 9.69 Å². The van der Waals surface area contributed by atoms with E-state index in [0.29, 0.717) is 31.2 Å². The van der Waals surface area contributed by atoms with Crippen molar-refractivity contribution in [2.45, 2.75) is 63.8 Å². The molecule has 1 saturated heterocycles. The van der Waals surface area contributed by atoms with Gasteiger partial charge in [0.25, 0.3) is 5.91 Å². The van der Waals surface area contributed by atoms with E-state index in [-0.39, 0.29) is 10.8 Å². The minimum atomic E-state index is -3.57. The van der Waals surface area contributed by atoms with Crippen molar-refractivity contribution in [2.75, 3.05) is 32.7 Å². The number of amides is 1. The number of piperidine rings is 1. The zero-order valence-corrected chi connectivity index (χ0v) is 18.3. The predicted molar refractivity (Wildman–Crippen MR) is 113 cm³/mol. The highest BCUT2D eigenvalue weighted by Gasteiger charge is 2.24. The fraction of sp³-hybridized carbons (Fsp3) is 0.667. The number of rotatable bonds is 10. The molecule has 0 bridgehead atoms. The van der Waals surface area contributed by atoms with Gasteiger partial charge >= 0.3 is 0 Å². The lowest BCUT2D eigenvalue weighted by Crippen LogP contribution is -2.47. The molecule has 0 aromatic heterocycles. The van der Waals surface area contributed by atoms with Gasteiger partial charge in [-0.05, 0) is 50.6 Å². The van der Waals surface area contributed by atoms with Gasteiger partial charge in [-0.1, -0.05) is 39.7 Å². The summed E-state index contributed by atoms with van der Waals surface area (Å²) in [5, 5.41) is 3.02. The minimum absolute atomic E-state index is 0.172. The molecule has 1 amide bonds. The summed E-state index contributed by atoms with van der Waals surface area (Å²) in [4.78, 5) is 15.3. The molecule has 1 aliphatic rings. The van der Waals surface area contributed by atoms with E-state index in [0.717, 1.165) is 19.5 Å². The third kappa shape index (κ3) is 5.78. The van der Waals surface area contributed by atoms with Gasteiger partial charge in [0.2, 0.25) is 10.0 Å². The fourth-order valence-corrected chi connectivity index (χ4v) is 5.27. The first-order chi connectivity index (χ1) is 13.4. The van der Waals surface area contributed by atoms with Crippen LogP contribution in [-0.4, -0.2) is 62.3 Å². The Morgan fingerprint density at radius 2 is 1.96 bits per heavy atom. The zero-order chi connectivity index (χ0) is 20.6. The summed E-state index contributed by atoms with van der Waals surface area (Å²) in [6.07, 6.45) is 5.86. The van der Waals surface area contributed by atoms with Crippen molar-refractivity contribution >= 4 is 15.9 Å². The summed E-state index contributed by atoms with van der Waals surface area (Å²) in [6, 6.07) is 6.72. The normalized spacial score (nSPS) is 18.4. The van der Waals surface area contributed by atoms with Crippen LogP contribution in [0.15, 0.2) is 29.2 Å². The van der Waals surface area contributed by atoms with Crippen molar-refractivity contribution in [3.05, 3.63) is 29.8 Å². The van der Waals surface area contributed by atoms with E-state index in [2.05, 4.69) is 17.1 Å². The van der Waals surface area contributed by atoms with E-state index in [4.69, 9.17) is 0 Å². The second-order valence-electron chi connectivity index (χ2n) is 7.37. The quantitative estimate of drug-likeness (QED) is 0.645. The second kappa shape index (κ2) is 10.9. The van der Waals surface area contributed by atoms with Gasteiger partial charge in [0.05, 0.1) is 4.90 Å². The highest BCUT2D eigenvalue weighted by Crippen LogP contribution is 2.19. The van der Waals surface area contributed by atoms with Crippen molar-refractivity contribution in [1.82, 2.24) is 14.5 Å². The Balaban J connectivity index is 2.04. The molecule has 6 nitrogen and oxygen atoms in total. The molecular formula is C21H35N3O3S. The van der Waals surface area contributed by atoms with Gasteiger partial charge in [0, 0.05) is 31.2 Å². The van der Waals surface area contributed by atoms with E-state index in [1.807, 2.05) is 13.8 Å². The molecule has 0 saturated carbocycles. The Hall–Kier alpha value is -1.44. The average Bonchev–Trinajstić information content (AvgIpc) is 2.71. The largest absolute Gasteiger partial charge is 0.350 e. The topological polar surface area (TPSA) is 69.7 Å². The molecule has 1 unspecified atom stereocenters. The molecule has 1 aromatic carbocycles. The second-order valence-corrected chi connectivity index (χ2v) is 9.30. The molecule has 1 atom stereocenters. The number of hydrogen-bond acceptors (Lipinski definition) is 4. The smallest absolute Gasteiger partial charge is 0.251 e. The number of nitrogens with zero attached hydrogens (tertiary/aromatic N) is 2. The van der Waals surface area contributed by atoms with E-state index in [1.165, 1.54) is 36.1 Å². The molecule has 158 valence electrons. The Morgan fingerprint density at radius 3 is 2.64 bits per heavy atom. The van der Waals surface area contributed by atoms with Crippen LogP contribution in [0.4, 0.5) is 0 Å². The molecule has 28 heavy (non-hydrogen) atoms. The van der Waals surface area contributed by atoms with Gasteiger partial charge in [-0.15, -0.1) is 0 Å². The molecule has 1 aliphatic heterocycles.